The predicted molar refractivity (Wildman–Crippen MR) is 181 cm³/mol. The molecule has 0 aliphatic rings. The molecule has 0 saturated heterocycles. The molecule has 0 aliphatic carbocycles. The second-order valence-corrected chi connectivity index (χ2v) is 12.5. The first-order valence-corrected chi connectivity index (χ1v) is 16.3. The van der Waals surface area contributed by atoms with E-state index < -0.39 is 60.1 Å². The van der Waals surface area contributed by atoms with Gasteiger partial charge < -0.3 is 31.5 Å². The van der Waals surface area contributed by atoms with E-state index >= 15 is 0 Å². The lowest BCUT2D eigenvalue weighted by atomic mass is 10.0. The van der Waals surface area contributed by atoms with Crippen LogP contribution in [0.5, 0.6) is 0 Å². The van der Waals surface area contributed by atoms with Crippen molar-refractivity contribution in [1.82, 2.24) is 21.3 Å². The van der Waals surface area contributed by atoms with E-state index in [0.717, 1.165) is 5.56 Å². The summed E-state index contributed by atoms with van der Waals surface area (Å²) in [6.45, 7) is 3.88. The fourth-order valence-electron chi connectivity index (χ4n) is 4.63. The third kappa shape index (κ3) is 14.2. The summed E-state index contributed by atoms with van der Waals surface area (Å²) in [5.41, 5.74) is 1.64. The molecule has 12 nitrogen and oxygen atoms in total. The summed E-state index contributed by atoms with van der Waals surface area (Å²) in [6, 6.07) is 8.02. The largest absolute Gasteiger partial charge is 0.481 e. The molecule has 15 heteroatoms. The number of benzene rings is 2. The van der Waals surface area contributed by atoms with Crippen LogP contribution in [0.3, 0.4) is 0 Å². The third-order valence-corrected chi connectivity index (χ3v) is 7.93. The summed E-state index contributed by atoms with van der Waals surface area (Å²) in [5.74, 6) is -4.96. The highest BCUT2D eigenvalue weighted by molar-refractivity contribution is 7.80. The van der Waals surface area contributed by atoms with Gasteiger partial charge in [0.05, 0.1) is 12.8 Å². The van der Waals surface area contributed by atoms with Crippen LogP contribution in [0.1, 0.15) is 49.8 Å². The van der Waals surface area contributed by atoms with Crippen LogP contribution in [0.4, 0.5) is 0 Å². The van der Waals surface area contributed by atoms with Crippen LogP contribution in [0.15, 0.2) is 42.5 Å². The number of hydrogen-bond acceptors (Lipinski definition) is 7. The first-order valence-electron chi connectivity index (χ1n) is 14.9. The highest BCUT2D eigenvalue weighted by Gasteiger charge is 2.30. The topological polar surface area (TPSA) is 191 Å². The fourth-order valence-corrected chi connectivity index (χ4v) is 5.39. The second kappa shape index (κ2) is 19.8. The number of nitrogens with one attached hydrogen (secondary N) is 4. The van der Waals surface area contributed by atoms with Crippen LogP contribution in [-0.4, -0.2) is 76.2 Å². The van der Waals surface area contributed by atoms with Crippen LogP contribution < -0.4 is 21.3 Å². The molecule has 256 valence electrons. The van der Waals surface area contributed by atoms with Crippen LogP contribution in [-0.2, 0) is 48.0 Å². The molecule has 0 aliphatic heterocycles. The molecule has 2 rings (SSSR count). The lowest BCUT2D eigenvalue weighted by Gasteiger charge is -2.26. The van der Waals surface area contributed by atoms with Gasteiger partial charge in [-0.25, -0.2) is 0 Å². The number of thiol groups is 1. The number of hydrogen-bond donors (Lipinski definition) is 7. The van der Waals surface area contributed by atoms with Gasteiger partial charge in [0, 0.05) is 28.8 Å². The molecule has 0 saturated carbocycles. The van der Waals surface area contributed by atoms with Crippen molar-refractivity contribution in [2.45, 2.75) is 70.5 Å². The van der Waals surface area contributed by atoms with E-state index in [-0.39, 0.29) is 43.9 Å². The monoisotopic (exact) mass is 710 g/mol. The van der Waals surface area contributed by atoms with E-state index in [0.29, 0.717) is 27.6 Å². The normalized spacial score (nSPS) is 12.8. The van der Waals surface area contributed by atoms with Gasteiger partial charge in [0.1, 0.15) is 18.1 Å². The maximum atomic E-state index is 13.4. The van der Waals surface area contributed by atoms with Gasteiger partial charge in [0.15, 0.2) is 0 Å². The highest BCUT2D eigenvalue weighted by atomic mass is 35.5. The number of halogens is 2. The molecule has 0 bridgehead atoms. The Balaban J connectivity index is 2.10. The summed E-state index contributed by atoms with van der Waals surface area (Å²) < 4.78 is 0. The van der Waals surface area contributed by atoms with Gasteiger partial charge in [0.2, 0.25) is 23.6 Å². The summed E-state index contributed by atoms with van der Waals surface area (Å²) in [6.07, 6.45) is -0.679. The zero-order valence-electron chi connectivity index (χ0n) is 26.1. The van der Waals surface area contributed by atoms with Gasteiger partial charge in [-0.3, -0.25) is 28.8 Å². The Morgan fingerprint density at radius 3 is 1.96 bits per heavy atom. The molecule has 0 spiro atoms. The van der Waals surface area contributed by atoms with Crippen LogP contribution >= 0.6 is 35.8 Å². The van der Waals surface area contributed by atoms with Gasteiger partial charge in [0.25, 0.3) is 0 Å². The van der Waals surface area contributed by atoms with E-state index in [1.165, 1.54) is 0 Å². The Bertz CT molecular complexity index is 1440. The SMILES string of the molecule is CC(C)CC(NC(=O)C(CCC(=O)O)NC(=O)Cc1ccccc1CC(=O)O)C(=O)NC(CS)C(=O)NCCc1ccc(Cl)cc1Cl. The minimum Gasteiger partial charge on any atom is -0.481 e. The summed E-state index contributed by atoms with van der Waals surface area (Å²) in [4.78, 5) is 75.1. The van der Waals surface area contributed by atoms with E-state index in [1.807, 2.05) is 13.8 Å². The van der Waals surface area contributed by atoms with E-state index in [1.54, 1.807) is 42.5 Å². The fraction of sp³-hybridized carbons (Fsp3) is 0.438. The molecule has 0 aromatic heterocycles. The number of amides is 4. The Morgan fingerprint density at radius 1 is 0.766 bits per heavy atom. The second-order valence-electron chi connectivity index (χ2n) is 11.3. The molecule has 4 amide bonds. The molecule has 0 heterocycles. The van der Waals surface area contributed by atoms with E-state index in [9.17, 15) is 39.0 Å². The Kier molecular flexibility index (Phi) is 16.6. The van der Waals surface area contributed by atoms with Gasteiger partial charge >= 0.3 is 11.9 Å². The summed E-state index contributed by atoms with van der Waals surface area (Å²) >= 11 is 16.3. The van der Waals surface area contributed by atoms with Gasteiger partial charge in [-0.2, -0.15) is 12.6 Å². The molecule has 47 heavy (non-hydrogen) atoms. The maximum absolute atomic E-state index is 13.4. The molecular formula is C32H40Cl2N4O8S. The van der Waals surface area contributed by atoms with Crippen molar-refractivity contribution in [3.05, 3.63) is 69.2 Å². The van der Waals surface area contributed by atoms with Crippen molar-refractivity contribution < 1.29 is 39.0 Å². The van der Waals surface area contributed by atoms with Crippen molar-refractivity contribution in [3.8, 4) is 0 Å². The standard InChI is InChI=1S/C32H40Cl2N4O8S/c1-18(2)13-25(32(46)38-26(17-47)30(44)35-12-11-19-7-8-22(33)16-23(19)34)37-31(45)24(9-10-28(40)41)36-27(39)14-20-5-3-4-6-21(20)15-29(42)43/h3-8,16,18,24-26,47H,9-15,17H2,1-2H3,(H,35,44)(H,36,39)(H,37,45)(H,38,46)(H,40,41)(H,42,43). The average molecular weight is 712 g/mol. The molecule has 6 N–H and O–H groups in total. The van der Waals surface area contributed by atoms with Crippen molar-refractivity contribution in [2.75, 3.05) is 12.3 Å². The van der Waals surface area contributed by atoms with Gasteiger partial charge in [-0.1, -0.05) is 67.4 Å². The lowest BCUT2D eigenvalue weighted by Crippen LogP contribution is -2.57. The quantitative estimate of drug-likeness (QED) is 0.108. The highest BCUT2D eigenvalue weighted by Crippen LogP contribution is 2.21. The third-order valence-electron chi connectivity index (χ3n) is 6.97. The van der Waals surface area contributed by atoms with Crippen molar-refractivity contribution in [3.63, 3.8) is 0 Å². The number of carbonyl (C=O) groups is 6. The summed E-state index contributed by atoms with van der Waals surface area (Å²) in [7, 11) is 0. The predicted octanol–water partition coefficient (Wildman–Crippen LogP) is 2.82. The molecule has 3 atom stereocenters. The summed E-state index contributed by atoms with van der Waals surface area (Å²) in [5, 5.41) is 29.8. The zero-order valence-corrected chi connectivity index (χ0v) is 28.5. The maximum Gasteiger partial charge on any atom is 0.307 e. The molecule has 2 aromatic rings. The number of aliphatic carboxylic acids is 2. The van der Waals surface area contributed by atoms with Gasteiger partial charge in [-0.05, 0) is 54.0 Å². The van der Waals surface area contributed by atoms with E-state index in [4.69, 9.17) is 23.2 Å². The molecule has 0 fully saturated rings. The van der Waals surface area contributed by atoms with E-state index in [2.05, 4.69) is 33.9 Å². The minimum atomic E-state index is -1.31. The van der Waals surface area contributed by atoms with Crippen LogP contribution in [0.25, 0.3) is 0 Å². The molecular weight excluding hydrogens is 671 g/mol. The Labute approximate surface area is 288 Å². The molecule has 0 radical (unpaired) electrons. The lowest BCUT2D eigenvalue weighted by molar-refractivity contribution is -0.138. The van der Waals surface area contributed by atoms with Crippen molar-refractivity contribution in [2.24, 2.45) is 5.92 Å². The average Bonchev–Trinajstić information content (AvgIpc) is 2.98. The number of carboxylic acids is 2. The minimum absolute atomic E-state index is 0.0394. The number of rotatable bonds is 19. The van der Waals surface area contributed by atoms with Crippen molar-refractivity contribution >= 4 is 71.4 Å². The van der Waals surface area contributed by atoms with Crippen molar-refractivity contribution in [1.29, 1.82) is 0 Å². The number of carboxylic acid groups (broad SMARTS) is 2. The van der Waals surface area contributed by atoms with Crippen LogP contribution in [0, 0.1) is 5.92 Å². The van der Waals surface area contributed by atoms with Crippen LogP contribution in [0.2, 0.25) is 10.0 Å². The Morgan fingerprint density at radius 2 is 1.38 bits per heavy atom. The van der Waals surface area contributed by atoms with Gasteiger partial charge in [-0.15, -0.1) is 0 Å². The smallest absolute Gasteiger partial charge is 0.307 e. The zero-order chi connectivity index (χ0) is 35.1. The first-order chi connectivity index (χ1) is 22.2. The molecule has 2 aromatic carbocycles. The first kappa shape index (κ1) is 39.4. The molecule has 3 unspecified atom stereocenters. The number of carbonyl (C=O) groups excluding carboxylic acids is 4. The Hall–Kier alpha value is -3.81.